The zero-order valence-corrected chi connectivity index (χ0v) is 12.3. The number of esters is 1. The predicted molar refractivity (Wildman–Crippen MR) is 75.4 cm³/mol. The van der Waals surface area contributed by atoms with Gasteiger partial charge in [-0.2, -0.15) is 0 Å². The number of likely N-dealkylation sites (N-methyl/N-ethyl adjacent to an activating group) is 1. The number of nitrogens with zero attached hydrogens (tertiary/aromatic N) is 1. The van der Waals surface area contributed by atoms with E-state index in [-0.39, 0.29) is 37.8 Å². The Balaban J connectivity index is 2.41. The lowest BCUT2D eigenvalue weighted by atomic mass is 10.3. The first-order chi connectivity index (χ1) is 10.1. The summed E-state index contributed by atoms with van der Waals surface area (Å²) in [4.78, 5) is 24.7. The molecule has 1 rings (SSSR count). The SMILES string of the molecule is CCOC(=O)CN(CC)C(=O)CCOc1ccccc1F. The van der Waals surface area contributed by atoms with Gasteiger partial charge in [-0.15, -0.1) is 0 Å². The van der Waals surface area contributed by atoms with Crippen LogP contribution in [0.25, 0.3) is 0 Å². The number of hydrogen-bond acceptors (Lipinski definition) is 4. The number of carbonyl (C=O) groups excluding carboxylic acids is 2. The Hall–Kier alpha value is -2.11. The molecule has 0 saturated carbocycles. The summed E-state index contributed by atoms with van der Waals surface area (Å²) in [5.74, 6) is -1.04. The Labute approximate surface area is 123 Å². The van der Waals surface area contributed by atoms with Crippen LogP contribution in [-0.2, 0) is 14.3 Å². The Morgan fingerprint density at radius 1 is 1.24 bits per heavy atom. The predicted octanol–water partition coefficient (Wildman–Crippen LogP) is 2.01. The highest BCUT2D eigenvalue weighted by Gasteiger charge is 2.16. The summed E-state index contributed by atoms with van der Waals surface area (Å²) in [6.45, 7) is 4.13. The molecule has 0 N–H and O–H groups in total. The van der Waals surface area contributed by atoms with Crippen LogP contribution in [0.2, 0.25) is 0 Å². The Kier molecular flexibility index (Phi) is 7.21. The maximum Gasteiger partial charge on any atom is 0.325 e. The van der Waals surface area contributed by atoms with Crippen molar-refractivity contribution in [3.05, 3.63) is 30.1 Å². The molecule has 0 unspecified atom stereocenters. The molecule has 0 aliphatic heterocycles. The van der Waals surface area contributed by atoms with Gasteiger partial charge >= 0.3 is 5.97 Å². The van der Waals surface area contributed by atoms with E-state index in [0.717, 1.165) is 0 Å². The highest BCUT2D eigenvalue weighted by atomic mass is 19.1. The molecule has 0 aliphatic carbocycles. The van der Waals surface area contributed by atoms with Crippen molar-refractivity contribution in [2.24, 2.45) is 0 Å². The molecule has 0 aliphatic rings. The monoisotopic (exact) mass is 297 g/mol. The van der Waals surface area contributed by atoms with Crippen LogP contribution in [0.5, 0.6) is 5.75 Å². The molecule has 0 spiro atoms. The average molecular weight is 297 g/mol. The quantitative estimate of drug-likeness (QED) is 0.689. The van der Waals surface area contributed by atoms with E-state index in [0.29, 0.717) is 6.54 Å². The van der Waals surface area contributed by atoms with Crippen LogP contribution < -0.4 is 4.74 Å². The van der Waals surface area contributed by atoms with Gasteiger partial charge in [-0.05, 0) is 26.0 Å². The fourth-order valence-corrected chi connectivity index (χ4v) is 1.71. The molecule has 1 aromatic carbocycles. The van der Waals surface area contributed by atoms with Crippen molar-refractivity contribution in [3.8, 4) is 5.75 Å². The molecule has 0 heterocycles. The fraction of sp³-hybridized carbons (Fsp3) is 0.467. The summed E-state index contributed by atoms with van der Waals surface area (Å²) in [6.07, 6.45) is 0.0710. The topological polar surface area (TPSA) is 55.8 Å². The lowest BCUT2D eigenvalue weighted by Gasteiger charge is -2.19. The molecule has 6 heteroatoms. The van der Waals surface area contributed by atoms with E-state index in [1.807, 2.05) is 0 Å². The summed E-state index contributed by atoms with van der Waals surface area (Å²) in [6, 6.07) is 6.00. The second kappa shape index (κ2) is 8.94. The van der Waals surface area contributed by atoms with E-state index >= 15 is 0 Å². The first kappa shape index (κ1) is 16.9. The molecule has 0 radical (unpaired) electrons. The lowest BCUT2D eigenvalue weighted by Crippen LogP contribution is -2.37. The van der Waals surface area contributed by atoms with E-state index in [4.69, 9.17) is 9.47 Å². The molecule has 1 amide bonds. The van der Waals surface area contributed by atoms with Gasteiger partial charge in [0.1, 0.15) is 6.54 Å². The summed E-state index contributed by atoms with van der Waals surface area (Å²) >= 11 is 0. The van der Waals surface area contributed by atoms with E-state index in [2.05, 4.69) is 0 Å². The number of para-hydroxylation sites is 1. The van der Waals surface area contributed by atoms with Crippen LogP contribution in [0.1, 0.15) is 20.3 Å². The van der Waals surface area contributed by atoms with Gasteiger partial charge in [0.05, 0.1) is 19.6 Å². The minimum Gasteiger partial charge on any atom is -0.490 e. The minimum atomic E-state index is -0.469. The summed E-state index contributed by atoms with van der Waals surface area (Å²) in [7, 11) is 0. The van der Waals surface area contributed by atoms with Crippen LogP contribution in [-0.4, -0.2) is 43.1 Å². The van der Waals surface area contributed by atoms with Crippen LogP contribution in [0.4, 0.5) is 4.39 Å². The molecule has 0 bridgehead atoms. The van der Waals surface area contributed by atoms with Crippen LogP contribution in [0.15, 0.2) is 24.3 Å². The first-order valence-corrected chi connectivity index (χ1v) is 6.89. The Morgan fingerprint density at radius 3 is 2.57 bits per heavy atom. The van der Waals surface area contributed by atoms with Crippen LogP contribution >= 0.6 is 0 Å². The van der Waals surface area contributed by atoms with Crippen LogP contribution in [0.3, 0.4) is 0 Å². The van der Waals surface area contributed by atoms with E-state index in [1.54, 1.807) is 26.0 Å². The van der Waals surface area contributed by atoms with Crippen molar-refractivity contribution in [1.29, 1.82) is 0 Å². The molecular weight excluding hydrogens is 277 g/mol. The standard InChI is InChI=1S/C15H20FNO4/c1-3-17(11-15(19)20-4-2)14(18)9-10-21-13-8-6-5-7-12(13)16/h5-8H,3-4,9-11H2,1-2H3. The van der Waals surface area contributed by atoms with Gasteiger partial charge < -0.3 is 14.4 Å². The van der Waals surface area contributed by atoms with Gasteiger partial charge in [-0.3, -0.25) is 9.59 Å². The molecule has 21 heavy (non-hydrogen) atoms. The van der Waals surface area contributed by atoms with Crippen molar-refractivity contribution < 1.29 is 23.5 Å². The molecule has 5 nitrogen and oxygen atoms in total. The maximum atomic E-state index is 13.3. The van der Waals surface area contributed by atoms with Crippen molar-refractivity contribution >= 4 is 11.9 Å². The average Bonchev–Trinajstić information content (AvgIpc) is 2.47. The van der Waals surface area contributed by atoms with Gasteiger partial charge in [0, 0.05) is 6.54 Å². The smallest absolute Gasteiger partial charge is 0.325 e. The second-order valence-electron chi connectivity index (χ2n) is 4.24. The third-order valence-corrected chi connectivity index (χ3v) is 2.77. The number of amides is 1. The van der Waals surface area contributed by atoms with Crippen LogP contribution in [0, 0.1) is 5.82 Å². The number of carbonyl (C=O) groups is 2. The Bertz CT molecular complexity index is 478. The number of benzene rings is 1. The van der Waals surface area contributed by atoms with Crippen molar-refractivity contribution in [2.75, 3.05) is 26.3 Å². The van der Waals surface area contributed by atoms with Gasteiger partial charge in [0.15, 0.2) is 11.6 Å². The van der Waals surface area contributed by atoms with Gasteiger partial charge in [-0.1, -0.05) is 12.1 Å². The molecular formula is C15H20FNO4. The number of halogens is 1. The molecule has 0 aromatic heterocycles. The third kappa shape index (κ3) is 5.81. The van der Waals surface area contributed by atoms with Gasteiger partial charge in [0.25, 0.3) is 0 Å². The molecule has 116 valence electrons. The van der Waals surface area contributed by atoms with Gasteiger partial charge in [0.2, 0.25) is 5.91 Å². The molecule has 0 saturated heterocycles. The summed E-state index contributed by atoms with van der Waals surface area (Å²) < 4.78 is 23.3. The van der Waals surface area contributed by atoms with Gasteiger partial charge in [-0.25, -0.2) is 4.39 Å². The second-order valence-corrected chi connectivity index (χ2v) is 4.24. The molecule has 1 aromatic rings. The number of ether oxygens (including phenoxy) is 2. The Morgan fingerprint density at radius 2 is 1.95 bits per heavy atom. The summed E-state index contributed by atoms with van der Waals surface area (Å²) in [5, 5.41) is 0. The first-order valence-electron chi connectivity index (χ1n) is 6.89. The largest absolute Gasteiger partial charge is 0.490 e. The third-order valence-electron chi connectivity index (χ3n) is 2.77. The molecule has 0 fully saturated rings. The minimum absolute atomic E-state index is 0.0547. The molecule has 0 atom stereocenters. The lowest BCUT2D eigenvalue weighted by molar-refractivity contribution is -0.149. The van der Waals surface area contributed by atoms with Crippen molar-refractivity contribution in [1.82, 2.24) is 4.90 Å². The maximum absolute atomic E-state index is 13.3. The highest BCUT2D eigenvalue weighted by molar-refractivity contribution is 5.82. The van der Waals surface area contributed by atoms with E-state index in [1.165, 1.54) is 17.0 Å². The normalized spacial score (nSPS) is 10.0. The fourth-order valence-electron chi connectivity index (χ4n) is 1.71. The van der Waals surface area contributed by atoms with Crippen molar-refractivity contribution in [3.63, 3.8) is 0 Å². The van der Waals surface area contributed by atoms with E-state index < -0.39 is 11.8 Å². The summed E-state index contributed by atoms with van der Waals surface area (Å²) in [5.41, 5.74) is 0. The zero-order chi connectivity index (χ0) is 15.7. The number of hydrogen-bond donors (Lipinski definition) is 0. The number of rotatable bonds is 8. The van der Waals surface area contributed by atoms with Crippen molar-refractivity contribution in [2.45, 2.75) is 20.3 Å². The highest BCUT2D eigenvalue weighted by Crippen LogP contribution is 2.15. The van der Waals surface area contributed by atoms with E-state index in [9.17, 15) is 14.0 Å². The zero-order valence-electron chi connectivity index (χ0n) is 12.3.